The highest BCUT2D eigenvalue weighted by molar-refractivity contribution is 5.85. The number of aliphatic hydroxyl groups excluding tert-OH is 1. The number of aromatic amines is 2. The van der Waals surface area contributed by atoms with Crippen molar-refractivity contribution in [1.82, 2.24) is 14.8 Å². The third-order valence-electron chi connectivity index (χ3n) is 6.99. The lowest BCUT2D eigenvalue weighted by molar-refractivity contribution is -0.0985. The van der Waals surface area contributed by atoms with Crippen LogP contribution in [0.4, 0.5) is 0 Å². The molecule has 4 atom stereocenters. The highest BCUT2D eigenvalue weighted by Gasteiger charge is 2.55. The summed E-state index contributed by atoms with van der Waals surface area (Å²) in [5.74, 6) is -0.659. The molecule has 0 bridgehead atoms. The molecular weight excluding hydrogens is 414 g/mol. The van der Waals surface area contributed by atoms with Crippen LogP contribution >= 0.6 is 0 Å². The van der Waals surface area contributed by atoms with E-state index in [0.717, 1.165) is 33.4 Å². The molecule has 2 aromatic carbocycles. The zero-order chi connectivity index (χ0) is 23.5. The monoisotopic (exact) mass is 445 g/mol. The molecule has 1 fully saturated rings. The van der Waals surface area contributed by atoms with Crippen LogP contribution in [-0.4, -0.2) is 39.2 Å². The number of aryl methyl sites for hydroxylation is 1. The third kappa shape index (κ3) is 3.28. The molecular formula is C27H31N3O3. The van der Waals surface area contributed by atoms with Gasteiger partial charge in [0.15, 0.2) is 0 Å². The highest BCUT2D eigenvalue weighted by atomic mass is 16.5. The van der Waals surface area contributed by atoms with E-state index in [1.807, 2.05) is 76.2 Å². The SMILES string of the molecule is COC1C(c2c(-c3ccccc3)[nH]n(C(C)(C)C)c2=O)C(O)C1c1c(C)[nH]c2ccccc12. The number of benzene rings is 2. The van der Waals surface area contributed by atoms with E-state index < -0.39 is 17.6 Å². The average molecular weight is 446 g/mol. The quantitative estimate of drug-likeness (QED) is 0.428. The minimum absolute atomic E-state index is 0.110. The molecule has 0 amide bonds. The number of nitrogens with zero attached hydrogens (tertiary/aromatic N) is 1. The van der Waals surface area contributed by atoms with Crippen LogP contribution in [-0.2, 0) is 10.3 Å². The summed E-state index contributed by atoms with van der Waals surface area (Å²) in [6.45, 7) is 8.01. The zero-order valence-corrected chi connectivity index (χ0v) is 19.7. The number of aromatic nitrogens is 3. The highest BCUT2D eigenvalue weighted by Crippen LogP contribution is 2.52. The summed E-state index contributed by atoms with van der Waals surface area (Å²) in [5, 5.41) is 16.0. The molecule has 0 spiro atoms. The van der Waals surface area contributed by atoms with Crippen molar-refractivity contribution in [3.8, 4) is 11.3 Å². The van der Waals surface area contributed by atoms with Crippen molar-refractivity contribution in [1.29, 1.82) is 0 Å². The summed E-state index contributed by atoms with van der Waals surface area (Å²) in [6, 6.07) is 17.9. The second-order valence-corrected chi connectivity index (χ2v) is 10.0. The maximum Gasteiger partial charge on any atom is 0.271 e. The van der Waals surface area contributed by atoms with Crippen LogP contribution in [0.15, 0.2) is 59.4 Å². The fourth-order valence-corrected chi connectivity index (χ4v) is 5.44. The number of methoxy groups -OCH3 is 1. The second kappa shape index (κ2) is 7.75. The van der Waals surface area contributed by atoms with Crippen LogP contribution in [0.5, 0.6) is 0 Å². The summed E-state index contributed by atoms with van der Waals surface area (Å²) in [4.78, 5) is 17.1. The van der Waals surface area contributed by atoms with E-state index in [2.05, 4.69) is 16.1 Å². The van der Waals surface area contributed by atoms with E-state index in [1.165, 1.54) is 0 Å². The van der Waals surface area contributed by atoms with Gasteiger partial charge in [0.05, 0.1) is 29.0 Å². The van der Waals surface area contributed by atoms with Crippen molar-refractivity contribution >= 4 is 10.9 Å². The van der Waals surface area contributed by atoms with Crippen LogP contribution in [0.1, 0.15) is 49.4 Å². The van der Waals surface area contributed by atoms with Gasteiger partial charge in [0.2, 0.25) is 0 Å². The van der Waals surface area contributed by atoms with Crippen molar-refractivity contribution in [3.63, 3.8) is 0 Å². The fraction of sp³-hybridized carbons (Fsp3) is 0.370. The predicted molar refractivity (Wildman–Crippen MR) is 131 cm³/mol. The zero-order valence-electron chi connectivity index (χ0n) is 19.7. The predicted octanol–water partition coefficient (Wildman–Crippen LogP) is 4.65. The molecule has 1 saturated carbocycles. The molecule has 2 aromatic heterocycles. The van der Waals surface area contributed by atoms with Gasteiger partial charge in [-0.2, -0.15) is 0 Å². The van der Waals surface area contributed by atoms with Gasteiger partial charge in [-0.25, -0.2) is 4.68 Å². The first kappa shape index (κ1) is 21.7. The standard InChI is InChI=1S/C27H31N3O3/c1-15-19(17-13-9-10-14-18(17)28-15)21-24(31)22(25(21)33-5)20-23(16-11-7-6-8-12-16)29-30(26(20)32)27(2,3)4/h6-14,21-22,24-25,28-29,31H,1-5H3. The summed E-state index contributed by atoms with van der Waals surface area (Å²) >= 11 is 0. The number of ether oxygens (including phenoxy) is 1. The average Bonchev–Trinajstić information content (AvgIpc) is 3.29. The van der Waals surface area contributed by atoms with Crippen LogP contribution in [0.2, 0.25) is 0 Å². The number of hydrogen-bond donors (Lipinski definition) is 3. The van der Waals surface area contributed by atoms with Crippen molar-refractivity contribution < 1.29 is 9.84 Å². The molecule has 33 heavy (non-hydrogen) atoms. The molecule has 2 heterocycles. The maximum absolute atomic E-state index is 13.7. The minimum atomic E-state index is -0.743. The molecule has 0 aliphatic heterocycles. The molecule has 4 aromatic rings. The van der Waals surface area contributed by atoms with Crippen LogP contribution in [0.25, 0.3) is 22.2 Å². The Hall–Kier alpha value is -3.09. The van der Waals surface area contributed by atoms with Gasteiger partial charge >= 0.3 is 0 Å². The molecule has 172 valence electrons. The number of aliphatic hydroxyl groups is 1. The van der Waals surface area contributed by atoms with Gasteiger partial charge in [0.1, 0.15) is 0 Å². The van der Waals surface area contributed by atoms with Gasteiger partial charge in [-0.05, 0) is 44.9 Å². The summed E-state index contributed by atoms with van der Waals surface area (Å²) in [7, 11) is 1.66. The molecule has 0 radical (unpaired) electrons. The normalized spacial score (nSPS) is 23.1. The molecule has 0 saturated heterocycles. The number of nitrogens with one attached hydrogen (secondary N) is 2. The van der Waals surface area contributed by atoms with Gasteiger partial charge in [-0.15, -0.1) is 0 Å². The largest absolute Gasteiger partial charge is 0.392 e. The van der Waals surface area contributed by atoms with E-state index in [4.69, 9.17) is 4.74 Å². The fourth-order valence-electron chi connectivity index (χ4n) is 5.44. The van der Waals surface area contributed by atoms with Gasteiger partial charge in [0, 0.05) is 35.5 Å². The van der Waals surface area contributed by atoms with Crippen LogP contribution in [0, 0.1) is 6.92 Å². The molecule has 3 N–H and O–H groups in total. The Bertz CT molecular complexity index is 1360. The molecule has 1 aliphatic carbocycles. The molecule has 1 aliphatic rings. The number of H-pyrrole nitrogens is 2. The molecule has 6 heteroatoms. The van der Waals surface area contributed by atoms with E-state index >= 15 is 0 Å². The van der Waals surface area contributed by atoms with Crippen molar-refractivity contribution in [3.05, 3.63) is 81.8 Å². The Balaban J connectivity index is 1.65. The molecule has 5 rings (SSSR count). The number of rotatable bonds is 4. The summed E-state index contributed by atoms with van der Waals surface area (Å²) in [5.41, 5.74) is 4.84. The van der Waals surface area contributed by atoms with Gasteiger partial charge in [-0.1, -0.05) is 48.5 Å². The lowest BCUT2D eigenvalue weighted by atomic mass is 9.62. The van der Waals surface area contributed by atoms with Crippen LogP contribution in [0.3, 0.4) is 0 Å². The number of fused-ring (bicyclic) bond motifs is 1. The first-order valence-electron chi connectivity index (χ1n) is 11.4. The Morgan fingerprint density at radius 1 is 0.970 bits per heavy atom. The minimum Gasteiger partial charge on any atom is -0.392 e. The van der Waals surface area contributed by atoms with Crippen molar-refractivity contribution in [2.45, 2.75) is 57.3 Å². The molecule has 4 unspecified atom stereocenters. The third-order valence-corrected chi connectivity index (χ3v) is 6.99. The summed E-state index contributed by atoms with van der Waals surface area (Å²) < 4.78 is 7.63. The maximum atomic E-state index is 13.7. The van der Waals surface area contributed by atoms with E-state index in [1.54, 1.807) is 11.8 Å². The van der Waals surface area contributed by atoms with E-state index in [0.29, 0.717) is 5.56 Å². The number of para-hydroxylation sites is 1. The van der Waals surface area contributed by atoms with E-state index in [9.17, 15) is 9.90 Å². The topological polar surface area (TPSA) is 83.0 Å². The van der Waals surface area contributed by atoms with Crippen LogP contribution < -0.4 is 5.56 Å². The Labute approximate surface area is 193 Å². The van der Waals surface area contributed by atoms with Gasteiger partial charge < -0.3 is 14.8 Å². The first-order valence-corrected chi connectivity index (χ1v) is 11.4. The van der Waals surface area contributed by atoms with Crippen molar-refractivity contribution in [2.75, 3.05) is 7.11 Å². The lowest BCUT2D eigenvalue weighted by Gasteiger charge is -2.48. The lowest BCUT2D eigenvalue weighted by Crippen LogP contribution is -2.54. The summed E-state index contributed by atoms with van der Waals surface area (Å²) in [6.07, 6.45) is -1.07. The van der Waals surface area contributed by atoms with Gasteiger partial charge in [-0.3, -0.25) is 9.89 Å². The first-order chi connectivity index (χ1) is 15.7. The smallest absolute Gasteiger partial charge is 0.271 e. The second-order valence-electron chi connectivity index (χ2n) is 10.0. The Kier molecular flexibility index (Phi) is 5.10. The Morgan fingerprint density at radius 2 is 1.61 bits per heavy atom. The van der Waals surface area contributed by atoms with Crippen molar-refractivity contribution in [2.24, 2.45) is 0 Å². The Morgan fingerprint density at radius 3 is 2.27 bits per heavy atom. The van der Waals surface area contributed by atoms with E-state index in [-0.39, 0.29) is 17.6 Å². The molecule has 6 nitrogen and oxygen atoms in total. The number of hydrogen-bond acceptors (Lipinski definition) is 3. The van der Waals surface area contributed by atoms with Gasteiger partial charge in [0.25, 0.3) is 5.56 Å².